The highest BCUT2D eigenvalue weighted by Gasteiger charge is 2.30. The average molecular weight is 401 g/mol. The molecule has 2 heterocycles. The van der Waals surface area contributed by atoms with Gasteiger partial charge >= 0.3 is 5.97 Å². The van der Waals surface area contributed by atoms with E-state index in [0.29, 0.717) is 26.2 Å². The van der Waals surface area contributed by atoms with Crippen molar-refractivity contribution < 1.29 is 14.7 Å². The Morgan fingerprint density at radius 2 is 1.37 bits per heavy atom. The molecule has 1 saturated heterocycles. The van der Waals surface area contributed by atoms with Gasteiger partial charge in [0.05, 0.1) is 11.6 Å². The van der Waals surface area contributed by atoms with Gasteiger partial charge in [-0.3, -0.25) is 14.7 Å². The van der Waals surface area contributed by atoms with Crippen LogP contribution in [0, 0.1) is 0 Å². The van der Waals surface area contributed by atoms with Crippen LogP contribution in [-0.2, 0) is 0 Å². The average Bonchev–Trinajstić information content (AvgIpc) is 2.81. The number of amides is 1. The molecule has 152 valence electrons. The third kappa shape index (κ3) is 4.09. The Labute approximate surface area is 175 Å². The number of nitrogens with zero attached hydrogens (tertiary/aromatic N) is 3. The second-order valence-electron chi connectivity index (χ2n) is 7.26. The van der Waals surface area contributed by atoms with Gasteiger partial charge in [-0.25, -0.2) is 4.79 Å². The first-order valence-electron chi connectivity index (χ1n) is 9.96. The fourth-order valence-electron chi connectivity index (χ4n) is 3.97. The molecule has 6 nitrogen and oxygen atoms in total. The van der Waals surface area contributed by atoms with Gasteiger partial charge in [-0.05, 0) is 23.3 Å². The van der Waals surface area contributed by atoms with Crippen molar-refractivity contribution in [3.05, 3.63) is 101 Å². The molecule has 1 fully saturated rings. The molecule has 0 spiro atoms. The maximum absolute atomic E-state index is 12.9. The van der Waals surface area contributed by atoms with E-state index in [9.17, 15) is 14.7 Å². The molecule has 1 amide bonds. The Hall–Kier alpha value is -3.51. The predicted molar refractivity (Wildman–Crippen MR) is 113 cm³/mol. The molecule has 1 N–H and O–H groups in total. The molecule has 0 saturated carbocycles. The molecule has 1 aliphatic rings. The number of benzene rings is 2. The zero-order valence-corrected chi connectivity index (χ0v) is 16.5. The van der Waals surface area contributed by atoms with Crippen LogP contribution >= 0.6 is 0 Å². The minimum atomic E-state index is -1.14. The summed E-state index contributed by atoms with van der Waals surface area (Å²) in [4.78, 5) is 32.5. The lowest BCUT2D eigenvalue weighted by atomic mass is 9.96. The van der Waals surface area contributed by atoms with E-state index in [1.165, 1.54) is 29.5 Å². The van der Waals surface area contributed by atoms with Crippen LogP contribution in [0.2, 0.25) is 0 Å². The number of carbonyl (C=O) groups excluding carboxylic acids is 1. The first-order valence-corrected chi connectivity index (χ1v) is 9.96. The molecule has 3 aromatic rings. The van der Waals surface area contributed by atoms with Crippen molar-refractivity contribution in [3.8, 4) is 0 Å². The summed E-state index contributed by atoms with van der Waals surface area (Å²) in [6, 6.07) is 23.7. The van der Waals surface area contributed by atoms with Gasteiger partial charge in [0, 0.05) is 32.4 Å². The SMILES string of the molecule is O=C(O)c1cccnc1C(=O)N1CCN(C(c2ccccc2)c2ccccc2)CC1. The standard InChI is InChI=1S/C24H23N3O3/c28-23(21-20(24(29)30)12-7-13-25-21)27-16-14-26(15-17-27)22(18-8-3-1-4-9-18)19-10-5-2-6-11-19/h1-13,22H,14-17H2,(H,29,30). The van der Waals surface area contributed by atoms with Gasteiger partial charge in [0.2, 0.25) is 0 Å². The first-order chi connectivity index (χ1) is 14.6. The number of rotatable bonds is 5. The van der Waals surface area contributed by atoms with Crippen LogP contribution in [0.25, 0.3) is 0 Å². The van der Waals surface area contributed by atoms with Crippen molar-refractivity contribution in [2.45, 2.75) is 6.04 Å². The largest absolute Gasteiger partial charge is 0.478 e. The molecule has 0 radical (unpaired) electrons. The van der Waals surface area contributed by atoms with Gasteiger partial charge in [-0.1, -0.05) is 60.7 Å². The predicted octanol–water partition coefficient (Wildman–Crippen LogP) is 3.33. The number of hydrogen-bond donors (Lipinski definition) is 1. The molecule has 0 atom stereocenters. The van der Waals surface area contributed by atoms with Gasteiger partial charge in [-0.15, -0.1) is 0 Å². The highest BCUT2D eigenvalue weighted by molar-refractivity contribution is 6.03. The lowest BCUT2D eigenvalue weighted by molar-refractivity contribution is 0.0577. The van der Waals surface area contributed by atoms with E-state index in [1.807, 2.05) is 36.4 Å². The van der Waals surface area contributed by atoms with Crippen LogP contribution in [0.1, 0.15) is 38.0 Å². The third-order valence-electron chi connectivity index (χ3n) is 5.44. The zero-order chi connectivity index (χ0) is 20.9. The molecule has 2 aromatic carbocycles. The highest BCUT2D eigenvalue weighted by atomic mass is 16.4. The van der Waals surface area contributed by atoms with Crippen molar-refractivity contribution >= 4 is 11.9 Å². The van der Waals surface area contributed by atoms with Gasteiger partial charge in [0.15, 0.2) is 0 Å². The molecular formula is C24H23N3O3. The lowest BCUT2D eigenvalue weighted by Crippen LogP contribution is -2.50. The van der Waals surface area contributed by atoms with Gasteiger partial charge in [-0.2, -0.15) is 0 Å². The number of aromatic carboxylic acids is 1. The molecule has 1 aliphatic heterocycles. The summed E-state index contributed by atoms with van der Waals surface area (Å²) in [5.74, 6) is -1.47. The topological polar surface area (TPSA) is 73.7 Å². The summed E-state index contributed by atoms with van der Waals surface area (Å²) in [6.07, 6.45) is 1.46. The molecular weight excluding hydrogens is 378 g/mol. The van der Waals surface area contributed by atoms with Crippen LogP contribution in [0.15, 0.2) is 79.0 Å². The van der Waals surface area contributed by atoms with Crippen LogP contribution in [0.4, 0.5) is 0 Å². The molecule has 0 unspecified atom stereocenters. The number of hydrogen-bond acceptors (Lipinski definition) is 4. The molecule has 1 aromatic heterocycles. The molecule has 6 heteroatoms. The van der Waals surface area contributed by atoms with Crippen molar-refractivity contribution in [2.75, 3.05) is 26.2 Å². The summed E-state index contributed by atoms with van der Waals surface area (Å²) in [7, 11) is 0. The number of carboxylic acid groups (broad SMARTS) is 1. The van der Waals surface area contributed by atoms with E-state index >= 15 is 0 Å². The summed E-state index contributed by atoms with van der Waals surface area (Å²) < 4.78 is 0. The van der Waals surface area contributed by atoms with Gasteiger partial charge in [0.1, 0.15) is 5.69 Å². The fourth-order valence-corrected chi connectivity index (χ4v) is 3.97. The normalized spacial score (nSPS) is 14.6. The summed E-state index contributed by atoms with van der Waals surface area (Å²) in [6.45, 7) is 2.42. The van der Waals surface area contributed by atoms with Crippen LogP contribution in [-0.4, -0.2) is 57.9 Å². The minimum Gasteiger partial charge on any atom is -0.478 e. The number of carboxylic acids is 1. The second-order valence-corrected chi connectivity index (χ2v) is 7.26. The van der Waals surface area contributed by atoms with E-state index in [2.05, 4.69) is 34.1 Å². The Balaban J connectivity index is 1.53. The second kappa shape index (κ2) is 8.88. The summed E-state index contributed by atoms with van der Waals surface area (Å²) in [5.41, 5.74) is 2.36. The summed E-state index contributed by atoms with van der Waals surface area (Å²) in [5, 5.41) is 9.36. The lowest BCUT2D eigenvalue weighted by Gasteiger charge is -2.39. The molecule has 4 rings (SSSR count). The maximum atomic E-state index is 12.9. The monoisotopic (exact) mass is 401 g/mol. The van der Waals surface area contributed by atoms with Crippen LogP contribution in [0.3, 0.4) is 0 Å². The minimum absolute atomic E-state index is 0.00104. The van der Waals surface area contributed by atoms with Crippen molar-refractivity contribution in [3.63, 3.8) is 0 Å². The van der Waals surface area contributed by atoms with E-state index in [1.54, 1.807) is 4.90 Å². The Kier molecular flexibility index (Phi) is 5.86. The maximum Gasteiger partial charge on any atom is 0.338 e. The molecule has 0 aliphatic carbocycles. The summed E-state index contributed by atoms with van der Waals surface area (Å²) >= 11 is 0. The number of piperazine rings is 1. The number of pyridine rings is 1. The van der Waals surface area contributed by atoms with Crippen molar-refractivity contribution in [1.82, 2.24) is 14.8 Å². The fraction of sp³-hybridized carbons (Fsp3) is 0.208. The van der Waals surface area contributed by atoms with E-state index in [-0.39, 0.29) is 23.2 Å². The van der Waals surface area contributed by atoms with E-state index < -0.39 is 5.97 Å². The van der Waals surface area contributed by atoms with Gasteiger partial charge < -0.3 is 10.0 Å². The molecule has 0 bridgehead atoms. The van der Waals surface area contributed by atoms with Crippen molar-refractivity contribution in [1.29, 1.82) is 0 Å². The number of aromatic nitrogens is 1. The van der Waals surface area contributed by atoms with Crippen LogP contribution < -0.4 is 0 Å². The third-order valence-corrected chi connectivity index (χ3v) is 5.44. The smallest absolute Gasteiger partial charge is 0.338 e. The molecule has 30 heavy (non-hydrogen) atoms. The van der Waals surface area contributed by atoms with Crippen molar-refractivity contribution in [2.24, 2.45) is 0 Å². The Bertz CT molecular complexity index is 977. The van der Waals surface area contributed by atoms with Crippen LogP contribution in [0.5, 0.6) is 0 Å². The van der Waals surface area contributed by atoms with Gasteiger partial charge in [0.25, 0.3) is 5.91 Å². The Morgan fingerprint density at radius 1 is 0.800 bits per heavy atom. The van der Waals surface area contributed by atoms with E-state index in [0.717, 1.165) is 0 Å². The highest BCUT2D eigenvalue weighted by Crippen LogP contribution is 2.29. The number of carbonyl (C=O) groups is 2. The Morgan fingerprint density at radius 3 is 1.90 bits per heavy atom. The van der Waals surface area contributed by atoms with E-state index in [4.69, 9.17) is 0 Å². The first kappa shape index (κ1) is 19.8. The quantitative estimate of drug-likeness (QED) is 0.710. The zero-order valence-electron chi connectivity index (χ0n) is 16.5.